The van der Waals surface area contributed by atoms with E-state index in [0.29, 0.717) is 29.3 Å². The minimum Gasteiger partial charge on any atom is -0.391 e. The summed E-state index contributed by atoms with van der Waals surface area (Å²) < 4.78 is 0. The zero-order chi connectivity index (χ0) is 15.2. The predicted octanol–water partition coefficient (Wildman–Crippen LogP) is 3.62. The summed E-state index contributed by atoms with van der Waals surface area (Å²) in [5.41, 5.74) is 0.908. The maximum atomic E-state index is 9.90. The van der Waals surface area contributed by atoms with E-state index in [4.69, 9.17) is 11.6 Å². The lowest BCUT2D eigenvalue weighted by molar-refractivity contribution is 0.161. The van der Waals surface area contributed by atoms with E-state index in [9.17, 15) is 5.11 Å². The first kappa shape index (κ1) is 15.7. The van der Waals surface area contributed by atoms with E-state index < -0.39 is 6.10 Å². The molecular weight excluding hydrogens is 286 g/mol. The molecule has 0 aliphatic carbocycles. The summed E-state index contributed by atoms with van der Waals surface area (Å²) >= 11 is 6.05. The van der Waals surface area contributed by atoms with Crippen LogP contribution >= 0.6 is 11.6 Å². The summed E-state index contributed by atoms with van der Waals surface area (Å²) in [6.45, 7) is 4.61. The standard InChI is InChI=1S/C16H20ClN3O/c1-11(2)8-13(21)10-18-15-9-14(17)19-16(20-15)12-6-4-3-5-7-12/h3-7,9,11,13,21H,8,10H2,1-2H3,(H,18,19,20). The van der Waals surface area contributed by atoms with Gasteiger partial charge in [-0.05, 0) is 12.3 Å². The van der Waals surface area contributed by atoms with Crippen molar-refractivity contribution in [3.05, 3.63) is 41.6 Å². The third-order valence-electron chi connectivity index (χ3n) is 2.99. The van der Waals surface area contributed by atoms with E-state index >= 15 is 0 Å². The number of halogens is 1. The molecule has 0 spiro atoms. The van der Waals surface area contributed by atoms with E-state index in [1.807, 2.05) is 30.3 Å². The molecule has 0 bridgehead atoms. The fourth-order valence-electron chi connectivity index (χ4n) is 2.07. The van der Waals surface area contributed by atoms with Crippen LogP contribution in [-0.2, 0) is 0 Å². The molecule has 2 rings (SSSR count). The highest BCUT2D eigenvalue weighted by atomic mass is 35.5. The van der Waals surface area contributed by atoms with Gasteiger partial charge in [-0.25, -0.2) is 9.97 Å². The minimum atomic E-state index is -0.404. The highest BCUT2D eigenvalue weighted by molar-refractivity contribution is 6.29. The lowest BCUT2D eigenvalue weighted by Gasteiger charge is -2.14. The molecule has 1 heterocycles. The van der Waals surface area contributed by atoms with Crippen LogP contribution in [0.2, 0.25) is 5.15 Å². The number of hydrogen-bond donors (Lipinski definition) is 2. The summed E-state index contributed by atoms with van der Waals surface area (Å²) in [5.74, 6) is 1.65. The number of aliphatic hydroxyl groups is 1. The number of nitrogens with one attached hydrogen (secondary N) is 1. The van der Waals surface area contributed by atoms with Crippen molar-refractivity contribution < 1.29 is 5.11 Å². The molecule has 0 saturated heterocycles. The first-order valence-corrected chi connectivity index (χ1v) is 7.44. The van der Waals surface area contributed by atoms with Crippen LogP contribution < -0.4 is 5.32 Å². The predicted molar refractivity (Wildman–Crippen MR) is 86.4 cm³/mol. The van der Waals surface area contributed by atoms with Crippen molar-refractivity contribution in [3.8, 4) is 11.4 Å². The summed E-state index contributed by atoms with van der Waals surface area (Å²) in [6.07, 6.45) is 0.344. The molecule has 1 unspecified atom stereocenters. The Balaban J connectivity index is 2.09. The Bertz CT molecular complexity index is 575. The number of rotatable bonds is 6. The van der Waals surface area contributed by atoms with Crippen LogP contribution in [0.1, 0.15) is 20.3 Å². The van der Waals surface area contributed by atoms with Crippen LogP contribution in [-0.4, -0.2) is 27.7 Å². The molecule has 1 aromatic carbocycles. The monoisotopic (exact) mass is 305 g/mol. The first-order valence-electron chi connectivity index (χ1n) is 7.06. The smallest absolute Gasteiger partial charge is 0.163 e. The highest BCUT2D eigenvalue weighted by Crippen LogP contribution is 2.20. The van der Waals surface area contributed by atoms with E-state index in [1.54, 1.807) is 6.07 Å². The van der Waals surface area contributed by atoms with Crippen LogP contribution in [0.5, 0.6) is 0 Å². The molecule has 0 amide bonds. The zero-order valence-corrected chi connectivity index (χ0v) is 13.0. The van der Waals surface area contributed by atoms with Crippen LogP contribution in [0.4, 0.5) is 5.82 Å². The van der Waals surface area contributed by atoms with Gasteiger partial charge in [-0.3, -0.25) is 0 Å². The van der Waals surface area contributed by atoms with Gasteiger partial charge >= 0.3 is 0 Å². The van der Waals surface area contributed by atoms with Gasteiger partial charge in [0.2, 0.25) is 0 Å². The Morgan fingerprint density at radius 1 is 1.19 bits per heavy atom. The molecule has 0 radical (unpaired) electrons. The topological polar surface area (TPSA) is 58.0 Å². The summed E-state index contributed by atoms with van der Waals surface area (Å²) in [6, 6.07) is 11.3. The van der Waals surface area contributed by atoms with Crippen molar-refractivity contribution in [3.63, 3.8) is 0 Å². The number of hydrogen-bond acceptors (Lipinski definition) is 4. The Morgan fingerprint density at radius 2 is 1.90 bits per heavy atom. The van der Waals surface area contributed by atoms with Gasteiger partial charge in [0.25, 0.3) is 0 Å². The summed E-state index contributed by atoms with van der Waals surface area (Å²) in [5, 5.41) is 13.4. The molecule has 0 aliphatic rings. The van der Waals surface area contributed by atoms with Crippen LogP contribution in [0.15, 0.2) is 36.4 Å². The third-order valence-corrected chi connectivity index (χ3v) is 3.18. The van der Waals surface area contributed by atoms with Crippen molar-refractivity contribution in [1.82, 2.24) is 9.97 Å². The Morgan fingerprint density at radius 3 is 2.57 bits per heavy atom. The molecule has 21 heavy (non-hydrogen) atoms. The molecule has 5 heteroatoms. The fraction of sp³-hybridized carbons (Fsp3) is 0.375. The van der Waals surface area contributed by atoms with Crippen LogP contribution in [0, 0.1) is 5.92 Å². The minimum absolute atomic E-state index is 0.379. The number of nitrogens with zero attached hydrogens (tertiary/aromatic N) is 2. The number of benzene rings is 1. The largest absolute Gasteiger partial charge is 0.391 e. The molecule has 2 aromatic rings. The van der Waals surface area contributed by atoms with E-state index in [0.717, 1.165) is 12.0 Å². The second-order valence-electron chi connectivity index (χ2n) is 5.43. The highest BCUT2D eigenvalue weighted by Gasteiger charge is 2.09. The number of anilines is 1. The van der Waals surface area contributed by atoms with Crippen molar-refractivity contribution in [2.45, 2.75) is 26.4 Å². The maximum absolute atomic E-state index is 9.90. The van der Waals surface area contributed by atoms with Gasteiger partial charge in [0.05, 0.1) is 6.10 Å². The molecule has 0 saturated carbocycles. The molecular formula is C16H20ClN3O. The second kappa shape index (κ2) is 7.38. The number of aliphatic hydroxyl groups excluding tert-OH is 1. The molecule has 1 aromatic heterocycles. The van der Waals surface area contributed by atoms with Crippen molar-refractivity contribution >= 4 is 17.4 Å². The normalized spacial score (nSPS) is 12.4. The maximum Gasteiger partial charge on any atom is 0.163 e. The van der Waals surface area contributed by atoms with Gasteiger partial charge in [-0.15, -0.1) is 0 Å². The molecule has 2 N–H and O–H groups in total. The van der Waals surface area contributed by atoms with Gasteiger partial charge in [-0.2, -0.15) is 0 Å². The average molecular weight is 306 g/mol. The van der Waals surface area contributed by atoms with Gasteiger partial charge in [0, 0.05) is 18.2 Å². The van der Waals surface area contributed by atoms with Crippen molar-refractivity contribution in [1.29, 1.82) is 0 Å². The SMILES string of the molecule is CC(C)CC(O)CNc1cc(Cl)nc(-c2ccccc2)n1. The van der Waals surface area contributed by atoms with Gasteiger partial charge in [0.1, 0.15) is 11.0 Å². The molecule has 4 nitrogen and oxygen atoms in total. The van der Waals surface area contributed by atoms with E-state index in [2.05, 4.69) is 29.1 Å². The van der Waals surface area contributed by atoms with Gasteiger partial charge in [-0.1, -0.05) is 55.8 Å². The second-order valence-corrected chi connectivity index (χ2v) is 5.82. The molecule has 1 atom stereocenters. The van der Waals surface area contributed by atoms with Gasteiger partial charge in [0.15, 0.2) is 5.82 Å². The van der Waals surface area contributed by atoms with Gasteiger partial charge < -0.3 is 10.4 Å². The third kappa shape index (κ3) is 4.99. The van der Waals surface area contributed by atoms with Crippen molar-refractivity contribution in [2.24, 2.45) is 5.92 Å². The van der Waals surface area contributed by atoms with E-state index in [1.165, 1.54) is 0 Å². The van der Waals surface area contributed by atoms with Crippen LogP contribution in [0.25, 0.3) is 11.4 Å². The Kier molecular flexibility index (Phi) is 5.53. The summed E-state index contributed by atoms with van der Waals surface area (Å²) in [7, 11) is 0. The van der Waals surface area contributed by atoms with Crippen LogP contribution in [0.3, 0.4) is 0 Å². The lowest BCUT2D eigenvalue weighted by atomic mass is 10.1. The molecule has 0 aliphatic heterocycles. The number of aromatic nitrogens is 2. The Hall–Kier alpha value is -1.65. The first-order chi connectivity index (χ1) is 10.0. The summed E-state index contributed by atoms with van der Waals surface area (Å²) in [4.78, 5) is 8.67. The lowest BCUT2D eigenvalue weighted by Crippen LogP contribution is -2.21. The fourth-order valence-corrected chi connectivity index (χ4v) is 2.26. The van der Waals surface area contributed by atoms with Crippen molar-refractivity contribution in [2.75, 3.05) is 11.9 Å². The molecule has 0 fully saturated rings. The van der Waals surface area contributed by atoms with E-state index in [-0.39, 0.29) is 0 Å². The zero-order valence-electron chi connectivity index (χ0n) is 12.3. The quantitative estimate of drug-likeness (QED) is 0.800. The Labute approximate surface area is 130 Å². The molecule has 112 valence electrons. The average Bonchev–Trinajstić information content (AvgIpc) is 2.45.